The molecule has 1 aliphatic rings. The summed E-state index contributed by atoms with van der Waals surface area (Å²) in [7, 11) is 3.15. The molecule has 3 nitrogen and oxygen atoms in total. The molecule has 0 N–H and O–H groups in total. The van der Waals surface area contributed by atoms with Crippen molar-refractivity contribution in [3.05, 3.63) is 0 Å². The smallest absolute Gasteiger partial charge is 0.314 e. The Morgan fingerprint density at radius 3 is 2.07 bits per heavy atom. The first-order chi connectivity index (χ1) is 7.00. The van der Waals surface area contributed by atoms with Gasteiger partial charge in [0.25, 0.3) is 0 Å². The van der Waals surface area contributed by atoms with Gasteiger partial charge in [-0.1, -0.05) is 19.3 Å². The minimum absolute atomic E-state index is 0.175. The van der Waals surface area contributed by atoms with Gasteiger partial charge in [0.2, 0.25) is 0 Å². The molecular weight excluding hydrogens is 192 g/mol. The van der Waals surface area contributed by atoms with E-state index in [1.54, 1.807) is 7.11 Å². The Bertz CT molecular complexity index is 227. The van der Waals surface area contributed by atoms with Crippen molar-refractivity contribution in [2.75, 3.05) is 14.2 Å². The predicted octanol–water partition coefficient (Wildman–Crippen LogP) is 2.53. The standard InChI is InChI=1S/C12H22O3/c1-11(2,10(13)14-3)12(15-4)8-6-5-7-9-12/h5-9H2,1-4H3. The lowest BCUT2D eigenvalue weighted by Gasteiger charge is -2.46. The first kappa shape index (κ1) is 12.5. The molecule has 0 aromatic carbocycles. The van der Waals surface area contributed by atoms with Gasteiger partial charge in [0, 0.05) is 7.11 Å². The molecule has 0 aromatic heterocycles. The van der Waals surface area contributed by atoms with Gasteiger partial charge in [0.05, 0.1) is 18.1 Å². The van der Waals surface area contributed by atoms with Gasteiger partial charge in [0.1, 0.15) is 0 Å². The molecular formula is C12H22O3. The Morgan fingerprint density at radius 1 is 1.13 bits per heavy atom. The topological polar surface area (TPSA) is 35.5 Å². The van der Waals surface area contributed by atoms with E-state index >= 15 is 0 Å². The summed E-state index contributed by atoms with van der Waals surface area (Å²) in [6.07, 6.45) is 5.40. The highest BCUT2D eigenvalue weighted by Crippen LogP contribution is 2.45. The largest absolute Gasteiger partial charge is 0.469 e. The van der Waals surface area contributed by atoms with Gasteiger partial charge in [0.15, 0.2) is 0 Å². The molecule has 0 unspecified atom stereocenters. The van der Waals surface area contributed by atoms with E-state index in [1.807, 2.05) is 13.8 Å². The van der Waals surface area contributed by atoms with E-state index in [4.69, 9.17) is 9.47 Å². The van der Waals surface area contributed by atoms with Gasteiger partial charge < -0.3 is 9.47 Å². The van der Waals surface area contributed by atoms with Crippen molar-refractivity contribution < 1.29 is 14.3 Å². The Labute approximate surface area is 92.1 Å². The Kier molecular flexibility index (Phi) is 3.77. The van der Waals surface area contributed by atoms with Crippen LogP contribution in [0.5, 0.6) is 0 Å². The van der Waals surface area contributed by atoms with Crippen LogP contribution in [-0.2, 0) is 14.3 Å². The summed E-state index contributed by atoms with van der Waals surface area (Å²) in [5.41, 5.74) is -0.894. The Balaban J connectivity index is 2.92. The van der Waals surface area contributed by atoms with Gasteiger partial charge in [-0.15, -0.1) is 0 Å². The Morgan fingerprint density at radius 2 is 1.67 bits per heavy atom. The molecule has 1 saturated carbocycles. The molecule has 0 radical (unpaired) electrons. The highest BCUT2D eigenvalue weighted by molar-refractivity contribution is 5.77. The number of methoxy groups -OCH3 is 2. The zero-order valence-electron chi connectivity index (χ0n) is 10.3. The number of hydrogen-bond acceptors (Lipinski definition) is 3. The zero-order chi connectivity index (χ0) is 11.5. The molecule has 3 heteroatoms. The van der Waals surface area contributed by atoms with E-state index in [0.717, 1.165) is 25.7 Å². The van der Waals surface area contributed by atoms with E-state index in [9.17, 15) is 4.79 Å². The lowest BCUT2D eigenvalue weighted by molar-refractivity contribution is -0.178. The summed E-state index contributed by atoms with van der Waals surface area (Å²) >= 11 is 0. The first-order valence-corrected chi connectivity index (χ1v) is 5.64. The van der Waals surface area contributed by atoms with Gasteiger partial charge >= 0.3 is 5.97 Å². The fourth-order valence-corrected chi connectivity index (χ4v) is 2.65. The SMILES string of the molecule is COC(=O)C(C)(C)C1(OC)CCCCC1. The first-order valence-electron chi connectivity index (χ1n) is 5.64. The quantitative estimate of drug-likeness (QED) is 0.677. The second kappa shape index (κ2) is 4.52. The molecule has 88 valence electrons. The maximum Gasteiger partial charge on any atom is 0.314 e. The van der Waals surface area contributed by atoms with Crippen molar-refractivity contribution in [1.29, 1.82) is 0 Å². The third-order valence-electron chi connectivity index (χ3n) is 3.89. The minimum Gasteiger partial charge on any atom is -0.469 e. The van der Waals surface area contributed by atoms with Crippen LogP contribution < -0.4 is 0 Å². The highest BCUT2D eigenvalue weighted by Gasteiger charge is 2.51. The second-order valence-corrected chi connectivity index (χ2v) is 4.88. The monoisotopic (exact) mass is 214 g/mol. The molecule has 0 atom stereocenters. The molecule has 1 fully saturated rings. The van der Waals surface area contributed by atoms with E-state index < -0.39 is 5.41 Å². The average molecular weight is 214 g/mol. The number of carbonyl (C=O) groups is 1. The van der Waals surface area contributed by atoms with E-state index in [0.29, 0.717) is 0 Å². The van der Waals surface area contributed by atoms with Crippen LogP contribution >= 0.6 is 0 Å². The zero-order valence-corrected chi connectivity index (χ0v) is 10.3. The molecule has 15 heavy (non-hydrogen) atoms. The lowest BCUT2D eigenvalue weighted by Crippen LogP contribution is -2.52. The van der Waals surface area contributed by atoms with Crippen molar-refractivity contribution in [2.45, 2.75) is 51.6 Å². The molecule has 0 spiro atoms. The van der Waals surface area contributed by atoms with E-state index in [-0.39, 0.29) is 11.6 Å². The van der Waals surface area contributed by atoms with Gasteiger partial charge in [-0.3, -0.25) is 4.79 Å². The maximum absolute atomic E-state index is 11.8. The van der Waals surface area contributed by atoms with Crippen LogP contribution in [0.1, 0.15) is 46.0 Å². The Hall–Kier alpha value is -0.570. The van der Waals surface area contributed by atoms with Crippen molar-refractivity contribution in [3.8, 4) is 0 Å². The van der Waals surface area contributed by atoms with Gasteiger partial charge in [-0.05, 0) is 26.7 Å². The number of carbonyl (C=O) groups excluding carboxylic acids is 1. The van der Waals surface area contributed by atoms with Crippen LogP contribution in [0.3, 0.4) is 0 Å². The fourth-order valence-electron chi connectivity index (χ4n) is 2.65. The highest BCUT2D eigenvalue weighted by atomic mass is 16.5. The van der Waals surface area contributed by atoms with Crippen LogP contribution in [-0.4, -0.2) is 25.8 Å². The summed E-state index contributed by atoms with van der Waals surface area (Å²) in [6, 6.07) is 0. The normalized spacial score (nSPS) is 21.1. The summed E-state index contributed by atoms with van der Waals surface area (Å²) in [4.78, 5) is 11.8. The van der Waals surface area contributed by atoms with Crippen molar-refractivity contribution in [2.24, 2.45) is 5.41 Å². The summed E-state index contributed by atoms with van der Waals surface area (Å²) < 4.78 is 10.5. The number of ether oxygens (including phenoxy) is 2. The number of hydrogen-bond donors (Lipinski definition) is 0. The summed E-state index contributed by atoms with van der Waals surface area (Å²) in [5.74, 6) is -0.175. The van der Waals surface area contributed by atoms with Crippen molar-refractivity contribution in [1.82, 2.24) is 0 Å². The van der Waals surface area contributed by atoms with Crippen molar-refractivity contribution in [3.63, 3.8) is 0 Å². The lowest BCUT2D eigenvalue weighted by atomic mass is 9.67. The average Bonchev–Trinajstić information content (AvgIpc) is 2.28. The number of rotatable bonds is 3. The molecule has 0 heterocycles. The van der Waals surface area contributed by atoms with Gasteiger partial charge in [-0.25, -0.2) is 0 Å². The van der Waals surface area contributed by atoms with Crippen LogP contribution in [0.2, 0.25) is 0 Å². The molecule has 1 rings (SSSR count). The molecule has 0 saturated heterocycles. The fraction of sp³-hybridized carbons (Fsp3) is 0.917. The van der Waals surface area contributed by atoms with Crippen molar-refractivity contribution >= 4 is 5.97 Å². The van der Waals surface area contributed by atoms with Crippen LogP contribution in [0.4, 0.5) is 0 Å². The molecule has 0 amide bonds. The molecule has 0 aliphatic heterocycles. The summed E-state index contributed by atoms with van der Waals surface area (Å²) in [5, 5.41) is 0. The maximum atomic E-state index is 11.8. The number of esters is 1. The van der Waals surface area contributed by atoms with Gasteiger partial charge in [-0.2, -0.15) is 0 Å². The van der Waals surface area contributed by atoms with Crippen LogP contribution in [0.25, 0.3) is 0 Å². The molecule has 1 aliphatic carbocycles. The third kappa shape index (κ3) is 2.03. The van der Waals surface area contributed by atoms with Crippen LogP contribution in [0, 0.1) is 5.41 Å². The molecule has 0 bridgehead atoms. The third-order valence-corrected chi connectivity index (χ3v) is 3.89. The minimum atomic E-state index is -0.559. The van der Waals surface area contributed by atoms with E-state index in [1.165, 1.54) is 13.5 Å². The van der Waals surface area contributed by atoms with Crippen LogP contribution in [0.15, 0.2) is 0 Å². The second-order valence-electron chi connectivity index (χ2n) is 4.88. The van der Waals surface area contributed by atoms with E-state index in [2.05, 4.69) is 0 Å². The summed E-state index contributed by atoms with van der Waals surface area (Å²) in [6.45, 7) is 3.85. The molecule has 0 aromatic rings. The predicted molar refractivity (Wildman–Crippen MR) is 58.6 cm³/mol.